The van der Waals surface area contributed by atoms with E-state index >= 15 is 0 Å². The van der Waals surface area contributed by atoms with Crippen LogP contribution < -0.4 is 0 Å². The molecule has 0 aliphatic carbocycles. The van der Waals surface area contributed by atoms with Crippen LogP contribution in [0.4, 0.5) is 0 Å². The van der Waals surface area contributed by atoms with E-state index in [1.165, 1.54) is 0 Å². The van der Waals surface area contributed by atoms with Crippen LogP contribution in [0.1, 0.15) is 20.3 Å². The van der Waals surface area contributed by atoms with E-state index in [1.54, 1.807) is 11.9 Å². The molecular formula is C10H14Br2Cl2O2. The van der Waals surface area contributed by atoms with Crippen LogP contribution in [-0.4, -0.2) is 33.1 Å². The van der Waals surface area contributed by atoms with Crippen molar-refractivity contribution in [1.29, 1.82) is 0 Å². The van der Waals surface area contributed by atoms with E-state index in [0.717, 1.165) is 0 Å². The second-order valence-electron chi connectivity index (χ2n) is 4.33. The maximum Gasteiger partial charge on any atom is 0.128 e. The number of hydrogen-bond acceptors (Lipinski definition) is 2. The van der Waals surface area contributed by atoms with Crippen LogP contribution in [-0.2, 0) is 4.74 Å². The molecule has 0 unspecified atom stereocenters. The zero-order chi connectivity index (χ0) is 12.6. The molecule has 1 saturated heterocycles. The molecule has 1 N–H and O–H groups in total. The molecule has 1 rings (SSSR count). The van der Waals surface area contributed by atoms with Crippen LogP contribution in [0.2, 0.25) is 0 Å². The van der Waals surface area contributed by atoms with E-state index in [9.17, 15) is 5.11 Å². The zero-order valence-corrected chi connectivity index (χ0v) is 13.7. The Morgan fingerprint density at radius 3 is 2.75 bits per heavy atom. The Morgan fingerprint density at radius 2 is 2.31 bits per heavy atom. The van der Waals surface area contributed by atoms with E-state index in [4.69, 9.17) is 27.9 Å². The van der Waals surface area contributed by atoms with Gasteiger partial charge in [0.1, 0.15) is 5.60 Å². The van der Waals surface area contributed by atoms with Crippen LogP contribution in [0.3, 0.4) is 0 Å². The SMILES string of the molecule is C[C@](Br)(CCl)[C@H]1C[C@H](O)[C@@](C)(/C(Cl)=C/Br)O1. The summed E-state index contributed by atoms with van der Waals surface area (Å²) in [5.41, 5.74) is -0.864. The first kappa shape index (κ1) is 15.3. The molecule has 0 bridgehead atoms. The van der Waals surface area contributed by atoms with Gasteiger partial charge in [0.15, 0.2) is 0 Å². The maximum atomic E-state index is 10.0. The van der Waals surface area contributed by atoms with Crippen molar-refractivity contribution in [3.63, 3.8) is 0 Å². The Labute approximate surface area is 123 Å². The van der Waals surface area contributed by atoms with Crippen molar-refractivity contribution < 1.29 is 9.84 Å². The van der Waals surface area contributed by atoms with E-state index in [0.29, 0.717) is 17.3 Å². The van der Waals surface area contributed by atoms with Crippen molar-refractivity contribution in [3.05, 3.63) is 10.0 Å². The molecule has 0 amide bonds. The first-order valence-electron chi connectivity index (χ1n) is 4.85. The molecule has 16 heavy (non-hydrogen) atoms. The lowest BCUT2D eigenvalue weighted by Crippen LogP contribution is -2.39. The number of alkyl halides is 2. The summed E-state index contributed by atoms with van der Waals surface area (Å²) in [7, 11) is 0. The number of aliphatic hydroxyl groups excluding tert-OH is 1. The van der Waals surface area contributed by atoms with Gasteiger partial charge in [0, 0.05) is 12.3 Å². The standard InChI is InChI=1S/C10H14Br2Cl2O2/c1-9(12,5-13)8-3-7(15)10(2,16-8)6(14)4-11/h4,7-8,15H,3,5H2,1-2H3/b6-4-/t7-,8+,9-,10+/m0/s1. The molecule has 0 radical (unpaired) electrons. The summed E-state index contributed by atoms with van der Waals surface area (Å²) in [6.07, 6.45) is -0.313. The third kappa shape index (κ3) is 2.78. The first-order chi connectivity index (χ1) is 7.28. The Hall–Kier alpha value is 1.20. The fourth-order valence-electron chi connectivity index (χ4n) is 1.63. The molecule has 1 aliphatic rings. The van der Waals surface area contributed by atoms with Crippen molar-refractivity contribution in [1.82, 2.24) is 0 Å². The highest BCUT2D eigenvalue weighted by atomic mass is 79.9. The number of halogens is 4. The molecule has 0 spiro atoms. The van der Waals surface area contributed by atoms with Gasteiger partial charge in [0.25, 0.3) is 0 Å². The summed E-state index contributed by atoms with van der Waals surface area (Å²) in [6, 6.07) is 0. The highest BCUT2D eigenvalue weighted by molar-refractivity contribution is 9.11. The van der Waals surface area contributed by atoms with Gasteiger partial charge in [-0.15, -0.1) is 11.6 Å². The highest BCUT2D eigenvalue weighted by Gasteiger charge is 2.51. The lowest BCUT2D eigenvalue weighted by molar-refractivity contribution is -0.0443. The Morgan fingerprint density at radius 1 is 1.75 bits per heavy atom. The number of hydrogen-bond donors (Lipinski definition) is 1. The summed E-state index contributed by atoms with van der Waals surface area (Å²) in [5.74, 6) is 0.399. The molecule has 0 aromatic heterocycles. The fourth-order valence-corrected chi connectivity index (χ4v) is 2.71. The van der Waals surface area contributed by atoms with Crippen molar-refractivity contribution >= 4 is 55.1 Å². The number of ether oxygens (including phenoxy) is 1. The first-order valence-corrected chi connectivity index (χ1v) is 7.47. The fraction of sp³-hybridized carbons (Fsp3) is 0.800. The number of rotatable bonds is 3. The summed E-state index contributed by atoms with van der Waals surface area (Å²) in [6.45, 7) is 3.71. The van der Waals surface area contributed by atoms with Crippen molar-refractivity contribution in [2.24, 2.45) is 0 Å². The molecule has 94 valence electrons. The monoisotopic (exact) mass is 394 g/mol. The minimum Gasteiger partial charge on any atom is -0.390 e. The largest absolute Gasteiger partial charge is 0.390 e. The van der Waals surface area contributed by atoms with Crippen molar-refractivity contribution in [3.8, 4) is 0 Å². The van der Waals surface area contributed by atoms with Gasteiger partial charge in [-0.1, -0.05) is 43.5 Å². The third-order valence-electron chi connectivity index (χ3n) is 2.96. The average Bonchev–Trinajstić information content (AvgIpc) is 2.56. The van der Waals surface area contributed by atoms with Gasteiger partial charge in [-0.3, -0.25) is 0 Å². The minimum atomic E-state index is -0.864. The smallest absolute Gasteiger partial charge is 0.128 e. The van der Waals surface area contributed by atoms with Crippen LogP contribution >= 0.6 is 55.1 Å². The maximum absolute atomic E-state index is 10.0. The van der Waals surface area contributed by atoms with E-state index in [2.05, 4.69) is 31.9 Å². The molecule has 0 aromatic carbocycles. The summed E-state index contributed by atoms with van der Waals surface area (Å²) in [4.78, 5) is 1.56. The van der Waals surface area contributed by atoms with Crippen molar-refractivity contribution in [2.45, 2.75) is 42.4 Å². The quantitative estimate of drug-likeness (QED) is 0.736. The summed E-state index contributed by atoms with van der Waals surface area (Å²) in [5, 5.41) is 10.5. The topological polar surface area (TPSA) is 29.5 Å². The van der Waals surface area contributed by atoms with Gasteiger partial charge in [-0.2, -0.15) is 0 Å². The molecule has 4 atom stereocenters. The van der Waals surface area contributed by atoms with Gasteiger partial charge < -0.3 is 9.84 Å². The van der Waals surface area contributed by atoms with E-state index in [1.807, 2.05) is 6.92 Å². The lowest BCUT2D eigenvalue weighted by Gasteiger charge is -2.31. The molecule has 6 heteroatoms. The molecular weight excluding hydrogens is 383 g/mol. The second-order valence-corrected chi connectivity index (χ2v) is 7.28. The Bertz CT molecular complexity index is 297. The van der Waals surface area contributed by atoms with Gasteiger partial charge in [-0.05, 0) is 18.8 Å². The van der Waals surface area contributed by atoms with Gasteiger partial charge >= 0.3 is 0 Å². The predicted octanol–water partition coefficient (Wildman–Crippen LogP) is 3.76. The average molecular weight is 397 g/mol. The summed E-state index contributed by atoms with van der Waals surface area (Å²) < 4.78 is 5.49. The van der Waals surface area contributed by atoms with Crippen LogP contribution in [0, 0.1) is 0 Å². The van der Waals surface area contributed by atoms with E-state index < -0.39 is 11.7 Å². The van der Waals surface area contributed by atoms with E-state index in [-0.39, 0.29) is 10.4 Å². The Kier molecular flexibility index (Phi) is 5.20. The highest BCUT2D eigenvalue weighted by Crippen LogP contribution is 2.44. The minimum absolute atomic E-state index is 0.175. The van der Waals surface area contributed by atoms with Crippen LogP contribution in [0.25, 0.3) is 0 Å². The molecule has 0 aromatic rings. The van der Waals surface area contributed by atoms with Gasteiger partial charge in [-0.25, -0.2) is 0 Å². The summed E-state index contributed by atoms with van der Waals surface area (Å²) >= 11 is 18.6. The lowest BCUT2D eigenvalue weighted by atomic mass is 9.96. The predicted molar refractivity (Wildman–Crippen MR) is 74.8 cm³/mol. The molecule has 1 fully saturated rings. The normalized spacial score (nSPS) is 39.8. The molecule has 0 saturated carbocycles. The van der Waals surface area contributed by atoms with Gasteiger partial charge in [0.05, 0.1) is 21.6 Å². The second kappa shape index (κ2) is 5.45. The molecule has 1 aliphatic heterocycles. The zero-order valence-electron chi connectivity index (χ0n) is 9.01. The molecule has 2 nitrogen and oxygen atoms in total. The van der Waals surface area contributed by atoms with Crippen LogP contribution in [0.15, 0.2) is 10.0 Å². The van der Waals surface area contributed by atoms with Crippen molar-refractivity contribution in [2.75, 3.05) is 5.88 Å². The number of aliphatic hydroxyl groups is 1. The molecule has 1 heterocycles. The third-order valence-corrected chi connectivity index (χ3v) is 5.84. The Balaban J connectivity index is 2.90. The van der Waals surface area contributed by atoms with Crippen LogP contribution in [0.5, 0.6) is 0 Å². The van der Waals surface area contributed by atoms with Gasteiger partial charge in [0.2, 0.25) is 0 Å².